The summed E-state index contributed by atoms with van der Waals surface area (Å²) in [5.41, 5.74) is 2.26. The van der Waals surface area contributed by atoms with Gasteiger partial charge in [0.15, 0.2) is 17.5 Å². The minimum absolute atomic E-state index is 0.318. The van der Waals surface area contributed by atoms with Crippen molar-refractivity contribution in [1.29, 1.82) is 0 Å². The molecule has 174 valence electrons. The highest BCUT2D eigenvalue weighted by atomic mass is 16.5. The lowest BCUT2D eigenvalue weighted by atomic mass is 10.1. The van der Waals surface area contributed by atoms with Crippen molar-refractivity contribution in [2.45, 2.75) is 32.4 Å². The number of ether oxygens (including phenoxy) is 3. The molecule has 0 spiro atoms. The lowest BCUT2D eigenvalue weighted by Crippen LogP contribution is -2.42. The third-order valence-corrected chi connectivity index (χ3v) is 5.77. The van der Waals surface area contributed by atoms with Gasteiger partial charge in [0.05, 0.1) is 33.9 Å². The highest BCUT2D eigenvalue weighted by molar-refractivity contribution is 5.79. The van der Waals surface area contributed by atoms with Crippen molar-refractivity contribution >= 4 is 5.96 Å². The Balaban J connectivity index is 1.76. The second-order valence-corrected chi connectivity index (χ2v) is 7.76. The number of methoxy groups -OCH3 is 3. The van der Waals surface area contributed by atoms with E-state index in [2.05, 4.69) is 52.8 Å². The number of hydrogen-bond donors (Lipinski definition) is 2. The van der Waals surface area contributed by atoms with Gasteiger partial charge in [0.2, 0.25) is 0 Å². The number of guanidine groups is 1. The van der Waals surface area contributed by atoms with Gasteiger partial charge in [0.25, 0.3) is 0 Å². The number of likely N-dealkylation sites (tertiary alicyclic amines) is 1. The van der Waals surface area contributed by atoms with Gasteiger partial charge in [-0.25, -0.2) is 4.99 Å². The van der Waals surface area contributed by atoms with E-state index in [1.807, 2.05) is 12.1 Å². The van der Waals surface area contributed by atoms with E-state index in [0.717, 1.165) is 43.5 Å². The van der Waals surface area contributed by atoms with Crippen LogP contribution in [0.25, 0.3) is 0 Å². The van der Waals surface area contributed by atoms with Gasteiger partial charge in [-0.1, -0.05) is 30.3 Å². The summed E-state index contributed by atoms with van der Waals surface area (Å²) in [4.78, 5) is 7.37. The van der Waals surface area contributed by atoms with Crippen LogP contribution in [-0.2, 0) is 6.54 Å². The maximum atomic E-state index is 5.55. The van der Waals surface area contributed by atoms with Gasteiger partial charge in [0.1, 0.15) is 5.75 Å². The second-order valence-electron chi connectivity index (χ2n) is 7.76. The molecule has 2 N–H and O–H groups in total. The molecule has 2 aromatic carbocycles. The number of hydrogen-bond acceptors (Lipinski definition) is 5. The van der Waals surface area contributed by atoms with E-state index >= 15 is 0 Å². The number of nitrogens with zero attached hydrogens (tertiary/aromatic N) is 2. The van der Waals surface area contributed by atoms with Crippen molar-refractivity contribution in [3.05, 3.63) is 53.6 Å². The molecule has 0 aromatic heterocycles. The average Bonchev–Trinajstić information content (AvgIpc) is 3.37. The molecule has 1 heterocycles. The smallest absolute Gasteiger partial charge is 0.191 e. The Hall–Kier alpha value is -2.93. The first kappa shape index (κ1) is 23.7. The molecule has 3 rings (SSSR count). The van der Waals surface area contributed by atoms with Crippen molar-refractivity contribution in [3.63, 3.8) is 0 Å². The lowest BCUT2D eigenvalue weighted by molar-refractivity contribution is 0.245. The molecule has 1 unspecified atom stereocenters. The molecule has 32 heavy (non-hydrogen) atoms. The molecule has 0 saturated carbocycles. The molecular formula is C25H36N4O3. The maximum Gasteiger partial charge on any atom is 0.191 e. The summed E-state index contributed by atoms with van der Waals surface area (Å²) in [5.74, 6) is 2.80. The third kappa shape index (κ3) is 6.07. The SMILES string of the molecule is CCNC(=NCc1cc(OC)c(OC)cc1OC)NCC(c1ccccc1)N1CCCC1. The Kier molecular flexibility index (Phi) is 9.04. The van der Waals surface area contributed by atoms with Crippen LogP contribution in [0.1, 0.15) is 36.9 Å². The number of aliphatic imine (C=N–C) groups is 1. The summed E-state index contributed by atoms with van der Waals surface area (Å²) in [6, 6.07) is 14.8. The third-order valence-electron chi connectivity index (χ3n) is 5.77. The molecular weight excluding hydrogens is 404 g/mol. The van der Waals surface area contributed by atoms with Gasteiger partial charge in [-0.05, 0) is 44.5 Å². The van der Waals surface area contributed by atoms with E-state index in [1.54, 1.807) is 21.3 Å². The average molecular weight is 441 g/mol. The zero-order valence-corrected chi connectivity index (χ0v) is 19.7. The van der Waals surface area contributed by atoms with Crippen LogP contribution >= 0.6 is 0 Å². The molecule has 0 aliphatic carbocycles. The first-order chi connectivity index (χ1) is 15.7. The molecule has 1 saturated heterocycles. The number of rotatable bonds is 10. The van der Waals surface area contributed by atoms with E-state index in [-0.39, 0.29) is 0 Å². The highest BCUT2D eigenvalue weighted by Crippen LogP contribution is 2.35. The fraction of sp³-hybridized carbons (Fsp3) is 0.480. The quantitative estimate of drug-likeness (QED) is 0.435. The van der Waals surface area contributed by atoms with Gasteiger partial charge in [-0.15, -0.1) is 0 Å². The molecule has 1 fully saturated rings. The first-order valence-corrected chi connectivity index (χ1v) is 11.3. The Labute approximate surface area is 191 Å². The van der Waals surface area contributed by atoms with E-state index in [4.69, 9.17) is 19.2 Å². The van der Waals surface area contributed by atoms with Gasteiger partial charge >= 0.3 is 0 Å². The number of nitrogens with one attached hydrogen (secondary N) is 2. The Morgan fingerprint density at radius 3 is 2.22 bits per heavy atom. The van der Waals surface area contributed by atoms with Crippen LogP contribution in [-0.4, -0.2) is 58.4 Å². The van der Waals surface area contributed by atoms with Crippen LogP contribution < -0.4 is 24.8 Å². The second kappa shape index (κ2) is 12.2. The summed E-state index contributed by atoms with van der Waals surface area (Å²) in [7, 11) is 4.90. The molecule has 1 aliphatic rings. The van der Waals surface area contributed by atoms with Crippen LogP contribution in [0.4, 0.5) is 0 Å². The standard InChI is InChI=1S/C25H36N4O3/c1-5-26-25(27-17-20-15-23(31-3)24(32-4)16-22(20)30-2)28-18-21(29-13-9-10-14-29)19-11-7-6-8-12-19/h6-8,11-12,15-16,21H,5,9-10,13-14,17-18H2,1-4H3,(H2,26,27,28). The summed E-state index contributed by atoms with van der Waals surface area (Å²) in [6.45, 7) is 6.38. The van der Waals surface area contributed by atoms with Gasteiger partial charge in [-0.3, -0.25) is 4.90 Å². The molecule has 0 bridgehead atoms. The van der Waals surface area contributed by atoms with E-state index < -0.39 is 0 Å². The van der Waals surface area contributed by atoms with Crippen molar-refractivity contribution < 1.29 is 14.2 Å². The molecule has 1 atom stereocenters. The normalized spacial score (nSPS) is 15.3. The van der Waals surface area contributed by atoms with Crippen LogP contribution in [0.2, 0.25) is 0 Å². The van der Waals surface area contributed by atoms with Gasteiger partial charge < -0.3 is 24.8 Å². The van der Waals surface area contributed by atoms with Crippen molar-refractivity contribution in [2.75, 3.05) is 47.5 Å². The molecule has 0 amide bonds. The summed E-state index contributed by atoms with van der Waals surface area (Å²) in [6.07, 6.45) is 2.52. The predicted octanol–water partition coefficient (Wildman–Crippen LogP) is 3.60. The van der Waals surface area contributed by atoms with E-state index in [9.17, 15) is 0 Å². The van der Waals surface area contributed by atoms with E-state index in [1.165, 1.54) is 18.4 Å². The lowest BCUT2D eigenvalue weighted by Gasteiger charge is -2.29. The first-order valence-electron chi connectivity index (χ1n) is 11.3. The molecule has 1 aliphatic heterocycles. The Bertz CT molecular complexity index is 867. The fourth-order valence-electron chi connectivity index (χ4n) is 4.10. The molecule has 2 aromatic rings. The fourth-order valence-corrected chi connectivity index (χ4v) is 4.10. The van der Waals surface area contributed by atoms with Crippen molar-refractivity contribution in [1.82, 2.24) is 15.5 Å². The molecule has 7 heteroatoms. The summed E-state index contributed by atoms with van der Waals surface area (Å²) < 4.78 is 16.4. The monoisotopic (exact) mass is 440 g/mol. The zero-order valence-electron chi connectivity index (χ0n) is 19.7. The minimum atomic E-state index is 0.318. The van der Waals surface area contributed by atoms with Crippen LogP contribution in [0.15, 0.2) is 47.5 Å². The highest BCUT2D eigenvalue weighted by Gasteiger charge is 2.23. The van der Waals surface area contributed by atoms with Crippen LogP contribution in [0, 0.1) is 0 Å². The summed E-state index contributed by atoms with van der Waals surface area (Å²) >= 11 is 0. The van der Waals surface area contributed by atoms with E-state index in [0.29, 0.717) is 24.1 Å². The predicted molar refractivity (Wildman–Crippen MR) is 129 cm³/mol. The van der Waals surface area contributed by atoms with Gasteiger partial charge in [0, 0.05) is 24.7 Å². The maximum absolute atomic E-state index is 5.55. The van der Waals surface area contributed by atoms with Gasteiger partial charge in [-0.2, -0.15) is 0 Å². The minimum Gasteiger partial charge on any atom is -0.496 e. The van der Waals surface area contributed by atoms with Crippen molar-refractivity contribution in [3.8, 4) is 17.2 Å². The number of benzene rings is 2. The van der Waals surface area contributed by atoms with Crippen LogP contribution in [0.5, 0.6) is 17.2 Å². The van der Waals surface area contributed by atoms with Crippen LogP contribution in [0.3, 0.4) is 0 Å². The summed E-state index contributed by atoms with van der Waals surface area (Å²) in [5, 5.41) is 6.92. The topological polar surface area (TPSA) is 67.4 Å². The zero-order chi connectivity index (χ0) is 22.8. The molecule has 0 radical (unpaired) electrons. The Morgan fingerprint density at radius 1 is 0.938 bits per heavy atom. The molecule has 7 nitrogen and oxygen atoms in total. The largest absolute Gasteiger partial charge is 0.496 e. The van der Waals surface area contributed by atoms with Crippen molar-refractivity contribution in [2.24, 2.45) is 4.99 Å². The Morgan fingerprint density at radius 2 is 1.59 bits per heavy atom.